The van der Waals surface area contributed by atoms with Crippen LogP contribution in [0.2, 0.25) is 0 Å². The van der Waals surface area contributed by atoms with Gasteiger partial charge in [0.05, 0.1) is 10.6 Å². The van der Waals surface area contributed by atoms with Gasteiger partial charge in [-0.05, 0) is 24.3 Å². The maximum atomic E-state index is 12.8. The van der Waals surface area contributed by atoms with Crippen molar-refractivity contribution in [2.45, 2.75) is 10.5 Å². The molecule has 0 aliphatic heterocycles. The number of hydrogen-bond donors (Lipinski definition) is 1. The van der Waals surface area contributed by atoms with Crippen molar-refractivity contribution in [1.29, 1.82) is 0 Å². The van der Waals surface area contributed by atoms with E-state index in [0.717, 1.165) is 0 Å². The van der Waals surface area contributed by atoms with E-state index in [4.69, 9.17) is 0 Å². The molecule has 5 nitrogen and oxygen atoms in total. The third-order valence-corrected chi connectivity index (χ3v) is 5.57. The van der Waals surface area contributed by atoms with Gasteiger partial charge in [0.15, 0.2) is 9.84 Å². The number of benzene rings is 1. The third kappa shape index (κ3) is 3.20. The first kappa shape index (κ1) is 16.3. The molecule has 2 aromatic heterocycles. The summed E-state index contributed by atoms with van der Waals surface area (Å²) in [4.78, 5) is 8.17. The second kappa shape index (κ2) is 6.51. The lowest BCUT2D eigenvalue weighted by Crippen LogP contribution is -2.36. The van der Waals surface area contributed by atoms with E-state index < -0.39 is 21.2 Å². The molecule has 1 N–H and O–H groups in total. The Labute approximate surface area is 140 Å². The Morgan fingerprint density at radius 1 is 0.833 bits per heavy atom. The number of sulfone groups is 1. The van der Waals surface area contributed by atoms with Gasteiger partial charge in [0.1, 0.15) is 5.60 Å². The first-order chi connectivity index (χ1) is 11.5. The molecule has 1 aromatic carbocycles. The molecule has 122 valence electrons. The SMILES string of the molecule is O=S(=O)(CC(O)(c1cccnc1)c1cccnc1)c1ccccc1. The van der Waals surface area contributed by atoms with Gasteiger partial charge in [-0.1, -0.05) is 30.3 Å². The summed E-state index contributed by atoms with van der Waals surface area (Å²) in [7, 11) is -3.72. The Balaban J connectivity index is 2.10. The summed E-state index contributed by atoms with van der Waals surface area (Å²) in [5.41, 5.74) is -0.938. The molecule has 0 saturated heterocycles. The van der Waals surface area contributed by atoms with Gasteiger partial charge in [-0.15, -0.1) is 0 Å². The van der Waals surface area contributed by atoms with Crippen molar-refractivity contribution in [2.24, 2.45) is 0 Å². The lowest BCUT2D eigenvalue weighted by Gasteiger charge is -2.28. The molecule has 6 heteroatoms. The van der Waals surface area contributed by atoms with E-state index in [-0.39, 0.29) is 4.90 Å². The van der Waals surface area contributed by atoms with E-state index in [0.29, 0.717) is 11.1 Å². The minimum absolute atomic E-state index is 0.163. The minimum Gasteiger partial charge on any atom is -0.379 e. The Morgan fingerprint density at radius 3 is 1.83 bits per heavy atom. The highest BCUT2D eigenvalue weighted by molar-refractivity contribution is 7.91. The molecule has 3 aromatic rings. The molecular formula is C18H16N2O3S. The number of aliphatic hydroxyl groups is 1. The predicted octanol–water partition coefficient (Wildman–Crippen LogP) is 2.19. The highest BCUT2D eigenvalue weighted by Crippen LogP contribution is 2.32. The average molecular weight is 340 g/mol. The first-order valence-corrected chi connectivity index (χ1v) is 8.99. The van der Waals surface area contributed by atoms with E-state index in [2.05, 4.69) is 9.97 Å². The zero-order valence-corrected chi connectivity index (χ0v) is 13.6. The Morgan fingerprint density at radius 2 is 1.38 bits per heavy atom. The van der Waals surface area contributed by atoms with Crippen LogP contribution in [0.1, 0.15) is 11.1 Å². The summed E-state index contributed by atoms with van der Waals surface area (Å²) < 4.78 is 25.6. The number of nitrogens with zero attached hydrogens (tertiary/aromatic N) is 2. The maximum Gasteiger partial charge on any atom is 0.181 e. The predicted molar refractivity (Wildman–Crippen MR) is 90.0 cm³/mol. The molecule has 0 fully saturated rings. The molecule has 0 aliphatic carbocycles. The van der Waals surface area contributed by atoms with E-state index in [1.54, 1.807) is 54.9 Å². The smallest absolute Gasteiger partial charge is 0.181 e. The lowest BCUT2D eigenvalue weighted by molar-refractivity contribution is 0.105. The van der Waals surface area contributed by atoms with E-state index in [9.17, 15) is 13.5 Å². The zero-order chi connectivity index (χ0) is 17.0. The molecular weight excluding hydrogens is 324 g/mol. The Hall–Kier alpha value is -2.57. The van der Waals surface area contributed by atoms with Gasteiger partial charge in [-0.2, -0.15) is 0 Å². The summed E-state index contributed by atoms with van der Waals surface area (Å²) in [5.74, 6) is -0.499. The van der Waals surface area contributed by atoms with Gasteiger partial charge in [0.25, 0.3) is 0 Å². The third-order valence-electron chi connectivity index (χ3n) is 3.78. The average Bonchev–Trinajstić information content (AvgIpc) is 2.63. The second-order valence-electron chi connectivity index (χ2n) is 5.42. The molecule has 0 bridgehead atoms. The van der Waals surface area contributed by atoms with Crippen LogP contribution in [0.3, 0.4) is 0 Å². The van der Waals surface area contributed by atoms with Crippen molar-refractivity contribution in [3.63, 3.8) is 0 Å². The topological polar surface area (TPSA) is 80.2 Å². The summed E-state index contributed by atoms with van der Waals surface area (Å²) in [5, 5.41) is 11.3. The fourth-order valence-electron chi connectivity index (χ4n) is 2.53. The van der Waals surface area contributed by atoms with Gasteiger partial charge in [0.2, 0.25) is 0 Å². The van der Waals surface area contributed by atoms with E-state index in [1.807, 2.05) is 0 Å². The summed E-state index contributed by atoms with van der Waals surface area (Å²) >= 11 is 0. The standard InChI is InChI=1S/C18H16N2O3S/c21-18(15-6-4-10-19-12-15,16-7-5-11-20-13-16)14-24(22,23)17-8-2-1-3-9-17/h1-13,21H,14H2. The fraction of sp³-hybridized carbons (Fsp3) is 0.111. The molecule has 0 aliphatic rings. The van der Waals surface area contributed by atoms with Crippen LogP contribution in [0, 0.1) is 0 Å². The van der Waals surface area contributed by atoms with Crippen LogP contribution in [0.25, 0.3) is 0 Å². The fourth-order valence-corrected chi connectivity index (χ4v) is 4.16. The molecule has 0 atom stereocenters. The minimum atomic E-state index is -3.72. The largest absolute Gasteiger partial charge is 0.379 e. The van der Waals surface area contributed by atoms with Crippen LogP contribution in [0.4, 0.5) is 0 Å². The summed E-state index contributed by atoms with van der Waals surface area (Å²) in [6.45, 7) is 0. The Bertz CT molecular complexity index is 859. The van der Waals surface area contributed by atoms with Gasteiger partial charge < -0.3 is 5.11 Å². The van der Waals surface area contributed by atoms with Gasteiger partial charge >= 0.3 is 0 Å². The zero-order valence-electron chi connectivity index (χ0n) is 12.8. The van der Waals surface area contributed by atoms with Crippen molar-refractivity contribution in [3.05, 3.63) is 90.5 Å². The van der Waals surface area contributed by atoms with Gasteiger partial charge in [0, 0.05) is 35.9 Å². The van der Waals surface area contributed by atoms with Crippen molar-refractivity contribution in [3.8, 4) is 0 Å². The molecule has 2 heterocycles. The second-order valence-corrected chi connectivity index (χ2v) is 7.41. The lowest BCUT2D eigenvalue weighted by atomic mass is 9.90. The van der Waals surface area contributed by atoms with E-state index >= 15 is 0 Å². The van der Waals surface area contributed by atoms with Crippen LogP contribution < -0.4 is 0 Å². The van der Waals surface area contributed by atoms with Crippen LogP contribution in [-0.4, -0.2) is 29.2 Å². The van der Waals surface area contributed by atoms with E-state index in [1.165, 1.54) is 24.5 Å². The number of aromatic nitrogens is 2. The highest BCUT2D eigenvalue weighted by Gasteiger charge is 2.38. The van der Waals surface area contributed by atoms with Gasteiger partial charge in [-0.3, -0.25) is 9.97 Å². The number of hydrogen-bond acceptors (Lipinski definition) is 5. The molecule has 3 rings (SSSR count). The van der Waals surface area contributed by atoms with Crippen molar-refractivity contribution in [2.75, 3.05) is 5.75 Å². The van der Waals surface area contributed by atoms with Crippen LogP contribution >= 0.6 is 0 Å². The quantitative estimate of drug-likeness (QED) is 0.770. The number of pyridine rings is 2. The monoisotopic (exact) mass is 340 g/mol. The van der Waals surface area contributed by atoms with Crippen molar-refractivity contribution in [1.82, 2.24) is 9.97 Å². The number of rotatable bonds is 5. The van der Waals surface area contributed by atoms with Crippen molar-refractivity contribution < 1.29 is 13.5 Å². The summed E-state index contributed by atoms with van der Waals surface area (Å²) in [6.07, 6.45) is 6.07. The molecule has 0 unspecified atom stereocenters. The normalized spacial score (nSPS) is 12.0. The molecule has 0 spiro atoms. The maximum absolute atomic E-state index is 12.8. The first-order valence-electron chi connectivity index (χ1n) is 7.33. The molecule has 0 radical (unpaired) electrons. The van der Waals surface area contributed by atoms with Crippen LogP contribution in [0.5, 0.6) is 0 Å². The van der Waals surface area contributed by atoms with Crippen molar-refractivity contribution >= 4 is 9.84 Å². The Kier molecular flexibility index (Phi) is 4.42. The van der Waals surface area contributed by atoms with Crippen LogP contribution in [-0.2, 0) is 15.4 Å². The highest BCUT2D eigenvalue weighted by atomic mass is 32.2. The molecule has 24 heavy (non-hydrogen) atoms. The molecule has 0 amide bonds. The summed E-state index contributed by atoms with van der Waals surface area (Å²) in [6, 6.07) is 14.7. The van der Waals surface area contributed by atoms with Crippen LogP contribution in [0.15, 0.2) is 84.3 Å². The molecule has 0 saturated carbocycles. The van der Waals surface area contributed by atoms with Gasteiger partial charge in [-0.25, -0.2) is 8.42 Å².